The Morgan fingerprint density at radius 1 is 0.971 bits per heavy atom. The van der Waals surface area contributed by atoms with Gasteiger partial charge in [-0.2, -0.15) is 4.39 Å². The molecule has 0 aromatic heterocycles. The lowest BCUT2D eigenvalue weighted by atomic mass is 9.84. The SMILES string of the molecule is C=CCOc1ccc(-c2ccc(-c3ccc(C4=CCC(C(C)O)CC4)cc3F)cc2)c(F)c1F. The van der Waals surface area contributed by atoms with Gasteiger partial charge in [-0.15, -0.1) is 0 Å². The second-order valence-corrected chi connectivity index (χ2v) is 8.62. The first-order valence-corrected chi connectivity index (χ1v) is 11.4. The van der Waals surface area contributed by atoms with Crippen LogP contribution in [-0.4, -0.2) is 17.8 Å². The molecule has 0 saturated heterocycles. The molecule has 3 aromatic rings. The van der Waals surface area contributed by atoms with E-state index in [0.29, 0.717) is 16.7 Å². The molecule has 0 radical (unpaired) electrons. The summed E-state index contributed by atoms with van der Waals surface area (Å²) in [6.07, 6.45) is 5.68. The molecular weight excluding hydrogens is 437 g/mol. The summed E-state index contributed by atoms with van der Waals surface area (Å²) in [5, 5.41) is 9.77. The third-order valence-electron chi connectivity index (χ3n) is 6.38. The van der Waals surface area contributed by atoms with E-state index in [2.05, 4.69) is 12.7 Å². The molecule has 4 rings (SSSR count). The highest BCUT2D eigenvalue weighted by Crippen LogP contribution is 2.35. The summed E-state index contributed by atoms with van der Waals surface area (Å²) in [5.41, 5.74) is 3.60. The number of rotatable bonds is 7. The summed E-state index contributed by atoms with van der Waals surface area (Å²) >= 11 is 0. The Kier molecular flexibility index (Phi) is 7.23. The van der Waals surface area contributed by atoms with Crippen molar-refractivity contribution in [2.24, 2.45) is 5.92 Å². The van der Waals surface area contributed by atoms with Gasteiger partial charge in [0.05, 0.1) is 6.10 Å². The smallest absolute Gasteiger partial charge is 0.201 e. The maximum atomic E-state index is 15.0. The number of hydrogen-bond acceptors (Lipinski definition) is 2. The van der Waals surface area contributed by atoms with E-state index in [9.17, 15) is 18.3 Å². The molecule has 0 amide bonds. The van der Waals surface area contributed by atoms with E-state index in [1.54, 1.807) is 30.3 Å². The van der Waals surface area contributed by atoms with Crippen LogP contribution in [0.2, 0.25) is 0 Å². The first-order chi connectivity index (χ1) is 16.4. The van der Waals surface area contributed by atoms with Crippen molar-refractivity contribution < 1.29 is 23.0 Å². The molecule has 2 unspecified atom stereocenters. The third-order valence-corrected chi connectivity index (χ3v) is 6.38. The van der Waals surface area contributed by atoms with Crippen molar-refractivity contribution in [3.63, 3.8) is 0 Å². The number of benzene rings is 3. The Morgan fingerprint density at radius 3 is 2.21 bits per heavy atom. The largest absolute Gasteiger partial charge is 0.486 e. The fourth-order valence-electron chi connectivity index (χ4n) is 4.35. The first kappa shape index (κ1) is 23.8. The molecule has 0 heterocycles. The monoisotopic (exact) mass is 464 g/mol. The fourth-order valence-corrected chi connectivity index (χ4v) is 4.35. The van der Waals surface area contributed by atoms with Crippen molar-refractivity contribution in [3.05, 3.63) is 96.3 Å². The Hall–Kier alpha value is -3.31. The lowest BCUT2D eigenvalue weighted by Gasteiger charge is -2.24. The lowest BCUT2D eigenvalue weighted by molar-refractivity contribution is 0.120. The van der Waals surface area contributed by atoms with E-state index in [1.807, 2.05) is 13.0 Å². The van der Waals surface area contributed by atoms with Crippen molar-refractivity contribution >= 4 is 5.57 Å². The van der Waals surface area contributed by atoms with Gasteiger partial charge in [-0.05, 0) is 72.6 Å². The summed E-state index contributed by atoms with van der Waals surface area (Å²) in [4.78, 5) is 0. The summed E-state index contributed by atoms with van der Waals surface area (Å²) in [7, 11) is 0. The van der Waals surface area contributed by atoms with Crippen molar-refractivity contribution in [1.29, 1.82) is 0 Å². The minimum Gasteiger partial charge on any atom is -0.486 e. The maximum Gasteiger partial charge on any atom is 0.201 e. The molecule has 34 heavy (non-hydrogen) atoms. The number of allylic oxidation sites excluding steroid dienone is 2. The van der Waals surface area contributed by atoms with Crippen LogP contribution in [0, 0.1) is 23.4 Å². The van der Waals surface area contributed by atoms with Crippen LogP contribution in [0.25, 0.3) is 27.8 Å². The van der Waals surface area contributed by atoms with Crippen molar-refractivity contribution in [2.45, 2.75) is 32.3 Å². The van der Waals surface area contributed by atoms with E-state index < -0.39 is 11.6 Å². The molecule has 3 aromatic carbocycles. The minimum absolute atomic E-state index is 0.0778. The third kappa shape index (κ3) is 4.95. The summed E-state index contributed by atoms with van der Waals surface area (Å²) < 4.78 is 49.0. The van der Waals surface area contributed by atoms with Gasteiger partial charge in [-0.3, -0.25) is 0 Å². The molecular formula is C29H27F3O2. The van der Waals surface area contributed by atoms with Crippen molar-refractivity contribution in [2.75, 3.05) is 6.61 Å². The Labute approximate surface area is 198 Å². The number of aliphatic hydroxyl groups is 1. The number of hydrogen-bond donors (Lipinski definition) is 1. The summed E-state index contributed by atoms with van der Waals surface area (Å²) in [6, 6.07) is 14.7. The van der Waals surface area contributed by atoms with Gasteiger partial charge in [-0.25, -0.2) is 8.78 Å². The van der Waals surface area contributed by atoms with E-state index in [-0.39, 0.29) is 35.8 Å². The van der Waals surface area contributed by atoms with Crippen LogP contribution in [0.1, 0.15) is 31.7 Å². The Balaban J connectivity index is 1.55. The van der Waals surface area contributed by atoms with E-state index in [4.69, 9.17) is 4.74 Å². The zero-order valence-electron chi connectivity index (χ0n) is 19.0. The van der Waals surface area contributed by atoms with Crippen LogP contribution in [-0.2, 0) is 0 Å². The predicted octanol–water partition coefficient (Wildman–Crippen LogP) is 7.57. The van der Waals surface area contributed by atoms with Gasteiger partial charge in [0.1, 0.15) is 12.4 Å². The number of aliphatic hydroxyl groups excluding tert-OH is 1. The maximum absolute atomic E-state index is 15.0. The average Bonchev–Trinajstić information content (AvgIpc) is 2.85. The van der Waals surface area contributed by atoms with Crippen LogP contribution in [0.5, 0.6) is 5.75 Å². The van der Waals surface area contributed by atoms with Gasteiger partial charge in [0.2, 0.25) is 5.82 Å². The highest BCUT2D eigenvalue weighted by Gasteiger charge is 2.20. The number of ether oxygens (including phenoxy) is 1. The molecule has 0 saturated carbocycles. The Bertz CT molecular complexity index is 1210. The van der Waals surface area contributed by atoms with Gasteiger partial charge >= 0.3 is 0 Å². The van der Waals surface area contributed by atoms with E-state index in [0.717, 1.165) is 30.4 Å². The average molecular weight is 465 g/mol. The molecule has 1 N–H and O–H groups in total. The molecule has 0 aliphatic heterocycles. The van der Waals surface area contributed by atoms with Crippen LogP contribution >= 0.6 is 0 Å². The van der Waals surface area contributed by atoms with Crippen LogP contribution in [0.3, 0.4) is 0 Å². The molecule has 2 atom stereocenters. The fraction of sp³-hybridized carbons (Fsp3) is 0.241. The second-order valence-electron chi connectivity index (χ2n) is 8.62. The summed E-state index contributed by atoms with van der Waals surface area (Å²) in [6.45, 7) is 5.38. The van der Waals surface area contributed by atoms with Gasteiger partial charge in [-0.1, -0.05) is 55.1 Å². The second kappa shape index (κ2) is 10.3. The predicted molar refractivity (Wildman–Crippen MR) is 130 cm³/mol. The van der Waals surface area contributed by atoms with E-state index >= 15 is 0 Å². The Morgan fingerprint density at radius 2 is 1.62 bits per heavy atom. The quantitative estimate of drug-likeness (QED) is 0.366. The van der Waals surface area contributed by atoms with Crippen molar-refractivity contribution in [3.8, 4) is 28.0 Å². The summed E-state index contributed by atoms with van der Waals surface area (Å²) in [5.74, 6) is -2.31. The minimum atomic E-state index is -1.05. The van der Waals surface area contributed by atoms with E-state index in [1.165, 1.54) is 24.3 Å². The normalized spacial score (nSPS) is 16.6. The molecule has 1 aliphatic rings. The zero-order valence-corrected chi connectivity index (χ0v) is 19.0. The highest BCUT2D eigenvalue weighted by atomic mass is 19.2. The lowest BCUT2D eigenvalue weighted by Crippen LogP contribution is -2.18. The zero-order chi connectivity index (χ0) is 24.2. The van der Waals surface area contributed by atoms with Gasteiger partial charge in [0, 0.05) is 11.1 Å². The molecule has 2 nitrogen and oxygen atoms in total. The molecule has 0 spiro atoms. The van der Waals surface area contributed by atoms with Gasteiger partial charge in [0.25, 0.3) is 0 Å². The van der Waals surface area contributed by atoms with Crippen LogP contribution in [0.4, 0.5) is 13.2 Å². The molecule has 0 bridgehead atoms. The molecule has 176 valence electrons. The molecule has 1 aliphatic carbocycles. The topological polar surface area (TPSA) is 29.5 Å². The van der Waals surface area contributed by atoms with Crippen molar-refractivity contribution in [1.82, 2.24) is 0 Å². The van der Waals surface area contributed by atoms with Gasteiger partial charge in [0.15, 0.2) is 11.6 Å². The standard InChI is InChI=1S/C29H27F3O2/c1-3-16-34-27-15-14-25(28(31)29(27)32)22-10-8-21(9-11-22)24-13-12-23(17-26(24)30)20-6-4-19(5-7-20)18(2)33/h3,6,8-15,17-19,33H,1,4-5,7,16H2,2H3. The van der Waals surface area contributed by atoms with Crippen LogP contribution in [0.15, 0.2) is 73.3 Å². The first-order valence-electron chi connectivity index (χ1n) is 11.4. The molecule has 5 heteroatoms. The molecule has 0 fully saturated rings. The highest BCUT2D eigenvalue weighted by molar-refractivity contribution is 5.74. The number of halogens is 3. The van der Waals surface area contributed by atoms with Crippen LogP contribution < -0.4 is 4.74 Å². The van der Waals surface area contributed by atoms with Gasteiger partial charge < -0.3 is 9.84 Å².